The number of carbonyl (C=O) groups excluding carboxylic acids is 2. The molecule has 1 aliphatic rings. The van der Waals surface area contributed by atoms with Gasteiger partial charge in [-0.05, 0) is 42.5 Å². The van der Waals surface area contributed by atoms with E-state index < -0.39 is 0 Å². The zero-order valence-electron chi connectivity index (χ0n) is 17.7. The van der Waals surface area contributed by atoms with Gasteiger partial charge in [-0.25, -0.2) is 9.37 Å². The molecule has 2 amide bonds. The molecule has 0 bridgehead atoms. The highest BCUT2D eigenvalue weighted by Gasteiger charge is 2.22. The van der Waals surface area contributed by atoms with Gasteiger partial charge in [-0.15, -0.1) is 11.3 Å². The van der Waals surface area contributed by atoms with Crippen molar-refractivity contribution in [3.05, 3.63) is 70.4 Å². The van der Waals surface area contributed by atoms with Crippen molar-refractivity contribution in [3.63, 3.8) is 0 Å². The molecule has 0 saturated carbocycles. The first-order valence-electron chi connectivity index (χ1n) is 10.4. The first-order valence-corrected chi connectivity index (χ1v) is 12.6. The number of hydrogen-bond acceptors (Lipinski definition) is 6. The van der Waals surface area contributed by atoms with Crippen LogP contribution in [0.1, 0.15) is 5.69 Å². The number of anilines is 2. The van der Waals surface area contributed by atoms with Gasteiger partial charge < -0.3 is 15.1 Å². The minimum Gasteiger partial charge on any atom is -0.368 e. The number of nitrogens with one attached hydrogen (secondary N) is 1. The summed E-state index contributed by atoms with van der Waals surface area (Å²) in [4.78, 5) is 33.4. The van der Waals surface area contributed by atoms with Crippen molar-refractivity contribution in [2.75, 3.05) is 42.1 Å². The van der Waals surface area contributed by atoms with Crippen LogP contribution in [0.4, 0.5) is 15.8 Å². The van der Waals surface area contributed by atoms with E-state index in [-0.39, 0.29) is 29.8 Å². The topological polar surface area (TPSA) is 65.5 Å². The van der Waals surface area contributed by atoms with Crippen LogP contribution in [0.3, 0.4) is 0 Å². The van der Waals surface area contributed by atoms with Gasteiger partial charge in [0.05, 0.1) is 17.9 Å². The Balaban J connectivity index is 1.22. The lowest BCUT2D eigenvalue weighted by atomic mass is 10.2. The Labute approximate surface area is 204 Å². The van der Waals surface area contributed by atoms with Gasteiger partial charge in [0.2, 0.25) is 11.8 Å². The Morgan fingerprint density at radius 1 is 1.12 bits per heavy atom. The van der Waals surface area contributed by atoms with Crippen LogP contribution < -0.4 is 10.2 Å². The smallest absolute Gasteiger partial charge is 0.234 e. The van der Waals surface area contributed by atoms with E-state index in [2.05, 4.69) is 15.2 Å². The van der Waals surface area contributed by atoms with E-state index in [0.29, 0.717) is 29.5 Å². The van der Waals surface area contributed by atoms with E-state index in [9.17, 15) is 14.0 Å². The molecule has 2 aromatic carbocycles. The summed E-state index contributed by atoms with van der Waals surface area (Å²) >= 11 is 8.81. The lowest BCUT2D eigenvalue weighted by Gasteiger charge is -2.36. The van der Waals surface area contributed by atoms with Crippen LogP contribution in [0.15, 0.2) is 58.3 Å². The highest BCUT2D eigenvalue weighted by atomic mass is 35.5. The van der Waals surface area contributed by atoms with Crippen molar-refractivity contribution in [2.45, 2.75) is 10.8 Å². The number of benzene rings is 2. The fraction of sp³-hybridized carbons (Fsp3) is 0.261. The molecule has 1 N–H and O–H groups in total. The van der Waals surface area contributed by atoms with Crippen LogP contribution in [-0.2, 0) is 16.0 Å². The Bertz CT molecular complexity index is 1120. The van der Waals surface area contributed by atoms with Gasteiger partial charge in [0.1, 0.15) is 5.82 Å². The van der Waals surface area contributed by atoms with E-state index in [1.807, 2.05) is 34.5 Å². The lowest BCUT2D eigenvalue weighted by molar-refractivity contribution is -0.130. The molecule has 1 fully saturated rings. The summed E-state index contributed by atoms with van der Waals surface area (Å²) in [7, 11) is 0. The largest absolute Gasteiger partial charge is 0.368 e. The van der Waals surface area contributed by atoms with E-state index in [4.69, 9.17) is 11.6 Å². The van der Waals surface area contributed by atoms with Gasteiger partial charge in [0.15, 0.2) is 4.34 Å². The number of halogens is 2. The van der Waals surface area contributed by atoms with Gasteiger partial charge >= 0.3 is 0 Å². The van der Waals surface area contributed by atoms with Crippen molar-refractivity contribution in [3.8, 4) is 0 Å². The molecule has 3 aromatic rings. The summed E-state index contributed by atoms with van der Waals surface area (Å²) < 4.78 is 13.7. The van der Waals surface area contributed by atoms with E-state index in [1.54, 1.807) is 0 Å². The molecule has 33 heavy (non-hydrogen) atoms. The van der Waals surface area contributed by atoms with Gasteiger partial charge in [0.25, 0.3) is 0 Å². The molecule has 1 aromatic heterocycles. The Hall–Kier alpha value is -2.62. The molecule has 1 aliphatic heterocycles. The predicted molar refractivity (Wildman–Crippen MR) is 132 cm³/mol. The Kier molecular flexibility index (Phi) is 7.85. The monoisotopic (exact) mass is 504 g/mol. The van der Waals surface area contributed by atoms with Crippen molar-refractivity contribution in [1.82, 2.24) is 9.88 Å². The lowest BCUT2D eigenvalue weighted by Crippen LogP contribution is -2.49. The van der Waals surface area contributed by atoms with Crippen molar-refractivity contribution in [2.24, 2.45) is 0 Å². The molecule has 6 nitrogen and oxygen atoms in total. The van der Waals surface area contributed by atoms with E-state index in [1.165, 1.54) is 47.4 Å². The maximum atomic E-state index is 12.9. The zero-order valence-corrected chi connectivity index (χ0v) is 20.1. The number of piperazine rings is 1. The van der Waals surface area contributed by atoms with Crippen LogP contribution >= 0.6 is 34.7 Å². The maximum absolute atomic E-state index is 12.9. The van der Waals surface area contributed by atoms with E-state index in [0.717, 1.165) is 23.1 Å². The minimum absolute atomic E-state index is 0.0525. The van der Waals surface area contributed by atoms with Gasteiger partial charge in [-0.3, -0.25) is 9.59 Å². The molecular formula is C23H22ClFN4O2S2. The van der Waals surface area contributed by atoms with Crippen LogP contribution in [0, 0.1) is 5.82 Å². The normalized spacial score (nSPS) is 13.8. The van der Waals surface area contributed by atoms with Crippen LogP contribution in [-0.4, -0.2) is 53.6 Å². The predicted octanol–water partition coefficient (Wildman–Crippen LogP) is 4.56. The Morgan fingerprint density at radius 3 is 2.61 bits per heavy atom. The Morgan fingerprint density at radius 2 is 1.88 bits per heavy atom. The summed E-state index contributed by atoms with van der Waals surface area (Å²) in [6.07, 6.45) is 0.246. The molecule has 172 valence electrons. The standard InChI is InChI=1S/C23H22ClFN4O2S2/c24-16-2-1-3-20(12-16)28-8-10-29(11-9-28)22(31)13-19-14-32-23(27-19)33-15-21(30)26-18-6-4-17(25)5-7-18/h1-7,12,14H,8-11,13,15H2,(H,26,30). The maximum Gasteiger partial charge on any atom is 0.234 e. The molecule has 0 aliphatic carbocycles. The second-order valence-electron chi connectivity index (χ2n) is 7.47. The number of nitrogens with zero attached hydrogens (tertiary/aromatic N) is 3. The van der Waals surface area contributed by atoms with Crippen LogP contribution in [0.5, 0.6) is 0 Å². The number of thiazole rings is 1. The summed E-state index contributed by atoms with van der Waals surface area (Å²) in [5.41, 5.74) is 2.32. The summed E-state index contributed by atoms with van der Waals surface area (Å²) in [5.74, 6) is -0.312. The fourth-order valence-corrected chi connectivity index (χ4v) is 5.28. The molecule has 2 heterocycles. The number of hydrogen-bond donors (Lipinski definition) is 1. The van der Waals surface area contributed by atoms with Crippen LogP contribution in [0.2, 0.25) is 5.02 Å². The summed E-state index contributed by atoms with van der Waals surface area (Å²) in [5, 5.41) is 5.28. The fourth-order valence-electron chi connectivity index (χ4n) is 3.45. The second kappa shape index (κ2) is 11.0. The molecule has 0 unspecified atom stereocenters. The zero-order chi connectivity index (χ0) is 23.2. The third-order valence-electron chi connectivity index (χ3n) is 5.12. The second-order valence-corrected chi connectivity index (χ2v) is 9.99. The molecule has 4 rings (SSSR count). The number of rotatable bonds is 7. The average molecular weight is 505 g/mol. The third-order valence-corrected chi connectivity index (χ3v) is 7.43. The number of thioether (sulfide) groups is 1. The quantitative estimate of drug-likeness (QED) is 0.478. The molecule has 0 atom stereocenters. The summed E-state index contributed by atoms with van der Waals surface area (Å²) in [6, 6.07) is 13.4. The number of amides is 2. The highest BCUT2D eigenvalue weighted by Crippen LogP contribution is 2.24. The molecule has 0 radical (unpaired) electrons. The first kappa shape index (κ1) is 23.5. The third kappa shape index (κ3) is 6.69. The van der Waals surface area contributed by atoms with Crippen molar-refractivity contribution < 1.29 is 14.0 Å². The van der Waals surface area contributed by atoms with Gasteiger partial charge in [-0.1, -0.05) is 29.4 Å². The number of aromatic nitrogens is 1. The summed E-state index contributed by atoms with van der Waals surface area (Å²) in [6.45, 7) is 2.82. The van der Waals surface area contributed by atoms with Gasteiger partial charge in [-0.2, -0.15) is 0 Å². The average Bonchev–Trinajstić information content (AvgIpc) is 3.26. The van der Waals surface area contributed by atoms with Gasteiger partial charge in [0, 0.05) is 48.0 Å². The number of carbonyl (C=O) groups is 2. The molecule has 10 heteroatoms. The SMILES string of the molecule is O=C(CSc1nc(CC(=O)N2CCN(c3cccc(Cl)c3)CC2)cs1)Nc1ccc(F)cc1. The van der Waals surface area contributed by atoms with Crippen molar-refractivity contribution in [1.29, 1.82) is 0 Å². The molecular weight excluding hydrogens is 483 g/mol. The highest BCUT2D eigenvalue weighted by molar-refractivity contribution is 8.01. The molecule has 0 spiro atoms. The van der Waals surface area contributed by atoms with Crippen molar-refractivity contribution >= 4 is 57.9 Å². The van der Waals surface area contributed by atoms with Crippen LogP contribution in [0.25, 0.3) is 0 Å². The minimum atomic E-state index is -0.352. The molecule has 1 saturated heterocycles. The van der Waals surface area contributed by atoms with E-state index >= 15 is 0 Å². The first-order chi connectivity index (χ1) is 16.0.